The third-order valence-electron chi connectivity index (χ3n) is 10.8. The number of hydrogen-bond donors (Lipinski definition) is 2. The first-order valence-corrected chi connectivity index (χ1v) is 16.8. The molecule has 248 valence electrons. The van der Waals surface area contributed by atoms with E-state index in [4.69, 9.17) is 0 Å². The summed E-state index contributed by atoms with van der Waals surface area (Å²) in [5.74, 6) is -0.361. The highest BCUT2D eigenvalue weighted by Gasteiger charge is 2.60. The standard InChI is InChI=1S/C38H47N5O4/c1-24-17-30(20-29-13-9-10-14-31(24)29)41-21-33-42(38(23-44,37(3,4)5)40-35(46)25(2)39-6)22-34(45)43(33)32(36(41)47)19-26-15-16-27-11-7-8-12-28(27)18-26/h7-16,18,23-25,30,32-33,39H,17,19-22H2,1-6H3,(H,40,46)/t24?,25-,30?,32-,33+,38-/m0/s1. The highest BCUT2D eigenvalue weighted by atomic mass is 16.2. The van der Waals surface area contributed by atoms with Crippen molar-refractivity contribution in [3.8, 4) is 0 Å². The van der Waals surface area contributed by atoms with Crippen LogP contribution in [0.15, 0.2) is 66.7 Å². The normalized spacial score (nSPS) is 25.2. The number of carbonyl (C=O) groups is 4. The van der Waals surface area contributed by atoms with E-state index in [2.05, 4.69) is 60.0 Å². The molecule has 9 nitrogen and oxygen atoms in total. The van der Waals surface area contributed by atoms with Crippen LogP contribution < -0.4 is 10.6 Å². The van der Waals surface area contributed by atoms with E-state index in [1.807, 2.05) is 54.8 Å². The van der Waals surface area contributed by atoms with Crippen LogP contribution in [0.1, 0.15) is 63.6 Å². The molecule has 2 saturated heterocycles. The maximum absolute atomic E-state index is 14.7. The monoisotopic (exact) mass is 637 g/mol. The molecule has 2 unspecified atom stereocenters. The number of nitrogens with zero attached hydrogens (tertiary/aromatic N) is 3. The highest BCUT2D eigenvalue weighted by Crippen LogP contribution is 2.41. The van der Waals surface area contributed by atoms with Crippen LogP contribution in [0, 0.1) is 5.41 Å². The summed E-state index contributed by atoms with van der Waals surface area (Å²) in [7, 11) is 1.69. The first-order valence-electron chi connectivity index (χ1n) is 16.8. The summed E-state index contributed by atoms with van der Waals surface area (Å²) >= 11 is 0. The molecule has 2 heterocycles. The van der Waals surface area contributed by atoms with E-state index in [-0.39, 0.29) is 42.8 Å². The Balaban J connectivity index is 1.43. The second-order valence-corrected chi connectivity index (χ2v) is 14.6. The topological polar surface area (TPSA) is 102 Å². The number of carbonyl (C=O) groups excluding carboxylic acids is 4. The Morgan fingerprint density at radius 2 is 1.72 bits per heavy atom. The second kappa shape index (κ2) is 12.5. The van der Waals surface area contributed by atoms with E-state index in [1.54, 1.807) is 18.9 Å². The number of benzene rings is 3. The number of nitrogens with one attached hydrogen (secondary N) is 2. The molecular weight excluding hydrogens is 590 g/mol. The van der Waals surface area contributed by atoms with Gasteiger partial charge in [-0.2, -0.15) is 0 Å². The number of aldehydes is 1. The average molecular weight is 638 g/mol. The number of likely N-dealkylation sites (N-methyl/N-ethyl adjacent to an activating group) is 1. The molecule has 2 aliphatic heterocycles. The molecule has 3 aliphatic rings. The fraction of sp³-hybridized carbons (Fsp3) is 0.474. The lowest BCUT2D eigenvalue weighted by Crippen LogP contribution is -2.74. The maximum atomic E-state index is 14.7. The van der Waals surface area contributed by atoms with Gasteiger partial charge in [-0.05, 0) is 60.2 Å². The molecule has 0 bridgehead atoms. The lowest BCUT2D eigenvalue weighted by molar-refractivity contribution is -0.163. The Morgan fingerprint density at radius 3 is 2.43 bits per heavy atom. The van der Waals surface area contributed by atoms with Crippen LogP contribution in [0.4, 0.5) is 0 Å². The summed E-state index contributed by atoms with van der Waals surface area (Å²) in [5, 5.41) is 8.19. The van der Waals surface area contributed by atoms with E-state index in [0.717, 1.165) is 35.5 Å². The number of piperazine rings is 1. The zero-order valence-electron chi connectivity index (χ0n) is 28.3. The van der Waals surface area contributed by atoms with Gasteiger partial charge in [0, 0.05) is 17.9 Å². The molecule has 6 atom stereocenters. The zero-order chi connectivity index (χ0) is 33.7. The quantitative estimate of drug-likeness (QED) is 0.364. The van der Waals surface area contributed by atoms with Crippen LogP contribution in [0.25, 0.3) is 10.8 Å². The summed E-state index contributed by atoms with van der Waals surface area (Å²) in [6, 6.07) is 21.3. The van der Waals surface area contributed by atoms with Crippen LogP contribution in [-0.4, -0.2) is 88.8 Å². The molecule has 3 amide bonds. The van der Waals surface area contributed by atoms with Crippen LogP contribution in [0.5, 0.6) is 0 Å². The van der Waals surface area contributed by atoms with E-state index >= 15 is 0 Å². The van der Waals surface area contributed by atoms with Crippen molar-refractivity contribution in [2.75, 3.05) is 20.1 Å². The van der Waals surface area contributed by atoms with E-state index in [0.29, 0.717) is 6.42 Å². The van der Waals surface area contributed by atoms with Crippen molar-refractivity contribution < 1.29 is 19.2 Å². The first-order chi connectivity index (χ1) is 22.4. The molecule has 2 N–H and O–H groups in total. The zero-order valence-corrected chi connectivity index (χ0v) is 28.3. The smallest absolute Gasteiger partial charge is 0.246 e. The Hall–Kier alpha value is -4.08. The third kappa shape index (κ3) is 5.74. The van der Waals surface area contributed by atoms with Crippen molar-refractivity contribution in [3.05, 3.63) is 83.4 Å². The van der Waals surface area contributed by atoms with Gasteiger partial charge in [0.1, 0.15) is 12.2 Å². The van der Waals surface area contributed by atoms with Gasteiger partial charge in [0.15, 0.2) is 11.9 Å². The Labute approximate surface area is 277 Å². The molecule has 0 saturated carbocycles. The molecule has 0 aromatic heterocycles. The van der Waals surface area contributed by atoms with Gasteiger partial charge in [0.25, 0.3) is 0 Å². The third-order valence-corrected chi connectivity index (χ3v) is 10.8. The second-order valence-electron chi connectivity index (χ2n) is 14.6. The van der Waals surface area contributed by atoms with Crippen molar-refractivity contribution >= 4 is 34.8 Å². The van der Waals surface area contributed by atoms with Gasteiger partial charge in [-0.3, -0.25) is 19.2 Å². The number of amides is 3. The maximum Gasteiger partial charge on any atom is 0.246 e. The van der Waals surface area contributed by atoms with Crippen molar-refractivity contribution in [1.29, 1.82) is 0 Å². The van der Waals surface area contributed by atoms with E-state index in [9.17, 15) is 19.2 Å². The molecule has 0 spiro atoms. The van der Waals surface area contributed by atoms with Crippen LogP contribution in [0.3, 0.4) is 0 Å². The predicted octanol–water partition coefficient (Wildman–Crippen LogP) is 3.85. The van der Waals surface area contributed by atoms with Gasteiger partial charge in [0.2, 0.25) is 17.7 Å². The minimum Gasteiger partial charge on any atom is -0.334 e. The summed E-state index contributed by atoms with van der Waals surface area (Å²) in [6.45, 7) is 9.80. The van der Waals surface area contributed by atoms with Crippen molar-refractivity contribution in [2.45, 2.75) is 89.8 Å². The summed E-state index contributed by atoms with van der Waals surface area (Å²) in [4.78, 5) is 61.1. The van der Waals surface area contributed by atoms with Crippen LogP contribution >= 0.6 is 0 Å². The molecule has 0 radical (unpaired) electrons. The van der Waals surface area contributed by atoms with Gasteiger partial charge in [0.05, 0.1) is 19.1 Å². The fourth-order valence-corrected chi connectivity index (χ4v) is 7.96. The molecule has 1 aliphatic carbocycles. The molecule has 3 aromatic rings. The average Bonchev–Trinajstić information content (AvgIpc) is 3.39. The van der Waals surface area contributed by atoms with Gasteiger partial charge in [-0.15, -0.1) is 0 Å². The van der Waals surface area contributed by atoms with E-state index < -0.39 is 29.3 Å². The van der Waals surface area contributed by atoms with Crippen LogP contribution in [-0.2, 0) is 32.0 Å². The van der Waals surface area contributed by atoms with Crippen molar-refractivity contribution in [1.82, 2.24) is 25.3 Å². The SMILES string of the molecule is CN[C@@H](C)C(=O)N[C@@](C=O)(N1CC(=O)N2[C@@H](Cc3ccc4ccccc4c3)C(=O)N(C3Cc4ccccc4C(C)C3)C[C@@H]21)C(C)(C)C. The molecule has 6 rings (SSSR count). The molecule has 3 aromatic carbocycles. The van der Waals surface area contributed by atoms with Gasteiger partial charge in [-0.25, -0.2) is 4.90 Å². The minimum absolute atomic E-state index is 0.0645. The van der Waals surface area contributed by atoms with Gasteiger partial charge < -0.3 is 20.4 Å². The van der Waals surface area contributed by atoms with Gasteiger partial charge in [-0.1, -0.05) is 94.4 Å². The molecule has 47 heavy (non-hydrogen) atoms. The predicted molar refractivity (Wildman–Crippen MR) is 182 cm³/mol. The lowest BCUT2D eigenvalue weighted by Gasteiger charge is -2.53. The summed E-state index contributed by atoms with van der Waals surface area (Å²) < 4.78 is 0. The highest BCUT2D eigenvalue weighted by molar-refractivity contribution is 5.93. The molecular formula is C38H47N5O4. The Bertz CT molecular complexity index is 1700. The van der Waals surface area contributed by atoms with Crippen LogP contribution in [0.2, 0.25) is 0 Å². The number of fused-ring (bicyclic) bond motifs is 3. The van der Waals surface area contributed by atoms with Crippen molar-refractivity contribution in [2.24, 2.45) is 5.41 Å². The molecule has 2 fully saturated rings. The van der Waals surface area contributed by atoms with E-state index in [1.165, 1.54) is 11.1 Å². The summed E-state index contributed by atoms with van der Waals surface area (Å²) in [5.41, 5.74) is 1.23. The Morgan fingerprint density at radius 1 is 1.02 bits per heavy atom. The number of hydrogen-bond acceptors (Lipinski definition) is 6. The largest absolute Gasteiger partial charge is 0.334 e. The lowest BCUT2D eigenvalue weighted by atomic mass is 9.78. The number of rotatable bonds is 8. The fourth-order valence-electron chi connectivity index (χ4n) is 7.96. The first kappa shape index (κ1) is 32.8. The molecule has 9 heteroatoms. The minimum atomic E-state index is -1.50. The Kier molecular flexibility index (Phi) is 8.74. The van der Waals surface area contributed by atoms with Crippen molar-refractivity contribution in [3.63, 3.8) is 0 Å². The van der Waals surface area contributed by atoms with Gasteiger partial charge >= 0.3 is 0 Å². The summed E-state index contributed by atoms with van der Waals surface area (Å²) in [6.07, 6.45) is 2.06.